The fraction of sp³-hybridized carbons (Fsp3) is 0.462. The Kier molecular flexibility index (Phi) is 2.83. The van der Waals surface area contributed by atoms with Crippen LogP contribution in [0.2, 0.25) is 5.02 Å². The van der Waals surface area contributed by atoms with Crippen molar-refractivity contribution in [3.8, 4) is 0 Å². The predicted octanol–water partition coefficient (Wildman–Crippen LogP) is 4.38. The molecule has 14 heavy (non-hydrogen) atoms. The molecule has 0 heterocycles. The van der Waals surface area contributed by atoms with Gasteiger partial charge in [0.15, 0.2) is 0 Å². The second-order valence-corrected chi connectivity index (χ2v) is 4.60. The predicted molar refractivity (Wildman–Crippen MR) is 61.6 cm³/mol. The van der Waals surface area contributed by atoms with E-state index in [1.54, 1.807) is 0 Å². The Bertz CT molecular complexity index is 294. The zero-order valence-electron chi connectivity index (χ0n) is 8.59. The van der Waals surface area contributed by atoms with E-state index in [0.717, 1.165) is 5.02 Å². The van der Waals surface area contributed by atoms with Crippen LogP contribution in [-0.2, 0) is 5.41 Å². The van der Waals surface area contributed by atoms with Crippen LogP contribution in [-0.4, -0.2) is 0 Å². The van der Waals surface area contributed by atoms with Crippen LogP contribution >= 0.6 is 11.6 Å². The van der Waals surface area contributed by atoms with E-state index in [4.69, 9.17) is 11.6 Å². The van der Waals surface area contributed by atoms with E-state index >= 15 is 0 Å². The van der Waals surface area contributed by atoms with E-state index < -0.39 is 0 Å². The molecule has 1 aliphatic rings. The standard InChI is InChI=1S/C13H16Cl/c1-2-13(9-3-4-10-13)11-5-7-12(14)8-6-11/h2,5-8H,3-4,9-10H2,1H3. The topological polar surface area (TPSA) is 0 Å². The number of rotatable bonds is 2. The fourth-order valence-electron chi connectivity index (χ4n) is 2.53. The normalized spacial score (nSPS) is 19.9. The summed E-state index contributed by atoms with van der Waals surface area (Å²) in [6.45, 7) is 2.18. The van der Waals surface area contributed by atoms with Crippen LogP contribution in [0.4, 0.5) is 0 Å². The van der Waals surface area contributed by atoms with Gasteiger partial charge in [0.25, 0.3) is 0 Å². The highest BCUT2D eigenvalue weighted by atomic mass is 35.5. The maximum atomic E-state index is 5.90. The summed E-state index contributed by atoms with van der Waals surface area (Å²) in [6.07, 6.45) is 7.67. The minimum Gasteiger partial charge on any atom is -0.0843 e. The molecular formula is C13H16Cl. The van der Waals surface area contributed by atoms with Crippen molar-refractivity contribution in [1.82, 2.24) is 0 Å². The van der Waals surface area contributed by atoms with Gasteiger partial charge in [-0.2, -0.15) is 0 Å². The van der Waals surface area contributed by atoms with Crippen molar-refractivity contribution in [2.24, 2.45) is 0 Å². The van der Waals surface area contributed by atoms with Crippen molar-refractivity contribution >= 4 is 11.6 Å². The number of benzene rings is 1. The summed E-state index contributed by atoms with van der Waals surface area (Å²) in [4.78, 5) is 0. The van der Waals surface area contributed by atoms with Crippen LogP contribution in [0.5, 0.6) is 0 Å². The number of halogens is 1. The summed E-state index contributed by atoms with van der Waals surface area (Å²) >= 11 is 5.90. The Labute approximate surface area is 91.3 Å². The van der Waals surface area contributed by atoms with E-state index in [0.29, 0.717) is 5.41 Å². The highest BCUT2D eigenvalue weighted by molar-refractivity contribution is 6.30. The van der Waals surface area contributed by atoms with Gasteiger partial charge < -0.3 is 0 Å². The minimum absolute atomic E-state index is 0.338. The van der Waals surface area contributed by atoms with Gasteiger partial charge in [0.05, 0.1) is 0 Å². The molecule has 0 N–H and O–H groups in total. The SMILES string of the molecule is C[CH]C1(c2ccc(Cl)cc2)CCCC1. The van der Waals surface area contributed by atoms with Crippen molar-refractivity contribution in [1.29, 1.82) is 0 Å². The summed E-state index contributed by atoms with van der Waals surface area (Å²) < 4.78 is 0. The molecule has 0 aliphatic heterocycles. The maximum Gasteiger partial charge on any atom is 0.0406 e. The molecule has 0 unspecified atom stereocenters. The van der Waals surface area contributed by atoms with Gasteiger partial charge in [-0.25, -0.2) is 0 Å². The highest BCUT2D eigenvalue weighted by Crippen LogP contribution is 2.43. The van der Waals surface area contributed by atoms with Crippen LogP contribution < -0.4 is 0 Å². The summed E-state index contributed by atoms with van der Waals surface area (Å²) in [5.74, 6) is 0. The Morgan fingerprint density at radius 2 is 1.71 bits per heavy atom. The lowest BCUT2D eigenvalue weighted by molar-refractivity contribution is 0.515. The zero-order chi connectivity index (χ0) is 10.0. The summed E-state index contributed by atoms with van der Waals surface area (Å²) in [7, 11) is 0. The second-order valence-electron chi connectivity index (χ2n) is 4.16. The number of hydrogen-bond donors (Lipinski definition) is 0. The smallest absolute Gasteiger partial charge is 0.0406 e. The first-order chi connectivity index (χ1) is 6.77. The highest BCUT2D eigenvalue weighted by Gasteiger charge is 2.33. The first-order valence-corrected chi connectivity index (χ1v) is 5.71. The van der Waals surface area contributed by atoms with Crippen LogP contribution in [0.25, 0.3) is 0 Å². The molecule has 0 aromatic heterocycles. The van der Waals surface area contributed by atoms with Gasteiger partial charge in [-0.05, 0) is 42.4 Å². The Hall–Kier alpha value is -0.490. The van der Waals surface area contributed by atoms with E-state index in [2.05, 4.69) is 25.5 Å². The maximum absolute atomic E-state index is 5.90. The summed E-state index contributed by atoms with van der Waals surface area (Å²) in [5, 5.41) is 0.831. The summed E-state index contributed by atoms with van der Waals surface area (Å²) in [5.41, 5.74) is 1.77. The zero-order valence-corrected chi connectivity index (χ0v) is 9.35. The van der Waals surface area contributed by atoms with Crippen molar-refractivity contribution in [2.75, 3.05) is 0 Å². The third-order valence-electron chi connectivity index (χ3n) is 3.47. The molecule has 75 valence electrons. The quantitative estimate of drug-likeness (QED) is 0.676. The van der Waals surface area contributed by atoms with Gasteiger partial charge in [0.2, 0.25) is 0 Å². The van der Waals surface area contributed by atoms with E-state index in [1.165, 1.54) is 31.2 Å². The molecule has 0 spiro atoms. The third kappa shape index (κ3) is 1.68. The molecule has 1 heteroatoms. The molecular weight excluding hydrogens is 192 g/mol. The van der Waals surface area contributed by atoms with Crippen molar-refractivity contribution in [3.05, 3.63) is 41.3 Å². The van der Waals surface area contributed by atoms with Gasteiger partial charge in [-0.15, -0.1) is 0 Å². The van der Waals surface area contributed by atoms with Crippen LogP contribution in [0, 0.1) is 6.42 Å². The lowest BCUT2D eigenvalue weighted by Gasteiger charge is -2.27. The van der Waals surface area contributed by atoms with E-state index in [9.17, 15) is 0 Å². The molecule has 1 aromatic carbocycles. The molecule has 0 amide bonds. The fourth-order valence-corrected chi connectivity index (χ4v) is 2.66. The van der Waals surface area contributed by atoms with Crippen LogP contribution in [0.1, 0.15) is 38.2 Å². The second kappa shape index (κ2) is 3.94. The van der Waals surface area contributed by atoms with Crippen molar-refractivity contribution in [2.45, 2.75) is 38.0 Å². The van der Waals surface area contributed by atoms with Gasteiger partial charge in [-0.3, -0.25) is 0 Å². The van der Waals surface area contributed by atoms with Crippen molar-refractivity contribution in [3.63, 3.8) is 0 Å². The van der Waals surface area contributed by atoms with E-state index in [1.807, 2.05) is 12.1 Å². The van der Waals surface area contributed by atoms with Crippen LogP contribution in [0.15, 0.2) is 24.3 Å². The van der Waals surface area contributed by atoms with Crippen molar-refractivity contribution < 1.29 is 0 Å². The lowest BCUT2D eigenvalue weighted by atomic mass is 9.77. The summed E-state index contributed by atoms with van der Waals surface area (Å²) in [6, 6.07) is 8.35. The van der Waals surface area contributed by atoms with E-state index in [-0.39, 0.29) is 0 Å². The average Bonchev–Trinajstić information content (AvgIpc) is 2.68. The first kappa shape index (κ1) is 10.0. The van der Waals surface area contributed by atoms with Gasteiger partial charge in [0.1, 0.15) is 0 Å². The minimum atomic E-state index is 0.338. The Morgan fingerprint density at radius 3 is 2.21 bits per heavy atom. The molecule has 1 radical (unpaired) electrons. The molecule has 1 fully saturated rings. The Morgan fingerprint density at radius 1 is 1.14 bits per heavy atom. The molecule has 0 nitrogen and oxygen atoms in total. The van der Waals surface area contributed by atoms with Crippen LogP contribution in [0.3, 0.4) is 0 Å². The molecule has 1 saturated carbocycles. The molecule has 0 saturated heterocycles. The molecule has 1 aliphatic carbocycles. The molecule has 0 bridgehead atoms. The van der Waals surface area contributed by atoms with Gasteiger partial charge in [-0.1, -0.05) is 43.5 Å². The van der Waals surface area contributed by atoms with Gasteiger partial charge in [0, 0.05) is 5.02 Å². The molecule has 2 rings (SSSR count). The lowest BCUT2D eigenvalue weighted by Crippen LogP contribution is -2.21. The first-order valence-electron chi connectivity index (χ1n) is 5.33. The third-order valence-corrected chi connectivity index (χ3v) is 3.72. The molecule has 0 atom stereocenters. The largest absolute Gasteiger partial charge is 0.0843 e. The Balaban J connectivity index is 2.31. The molecule has 1 aromatic rings. The monoisotopic (exact) mass is 207 g/mol. The number of hydrogen-bond acceptors (Lipinski definition) is 0. The van der Waals surface area contributed by atoms with Gasteiger partial charge >= 0.3 is 0 Å². The average molecular weight is 208 g/mol.